The summed E-state index contributed by atoms with van der Waals surface area (Å²) in [5, 5.41) is 3.04. The number of nitrogens with zero attached hydrogens (tertiary/aromatic N) is 1. The van der Waals surface area contributed by atoms with Gasteiger partial charge in [-0.25, -0.2) is 0 Å². The first kappa shape index (κ1) is 12.6. The predicted octanol–water partition coefficient (Wildman–Crippen LogP) is 1.73. The summed E-state index contributed by atoms with van der Waals surface area (Å²) in [4.78, 5) is 15.6. The van der Waals surface area contributed by atoms with E-state index in [-0.39, 0.29) is 12.5 Å². The van der Waals surface area contributed by atoms with Gasteiger partial charge < -0.3 is 10.1 Å². The molecule has 0 radical (unpaired) electrons. The molecule has 0 aliphatic carbocycles. The fraction of sp³-hybridized carbons (Fsp3) is 0.429. The van der Waals surface area contributed by atoms with E-state index in [9.17, 15) is 4.79 Å². The number of carbonyl (C=O) groups is 1. The highest BCUT2D eigenvalue weighted by Gasteiger charge is 2.20. The first-order valence-corrected chi connectivity index (χ1v) is 6.27. The van der Waals surface area contributed by atoms with Gasteiger partial charge in [-0.15, -0.1) is 0 Å². The van der Waals surface area contributed by atoms with Crippen LogP contribution in [0.1, 0.15) is 24.8 Å². The zero-order valence-corrected chi connectivity index (χ0v) is 10.6. The average Bonchev–Trinajstić information content (AvgIpc) is 2.87. The highest BCUT2D eigenvalue weighted by atomic mass is 16.5. The molecule has 1 aliphatic heterocycles. The Hall–Kier alpha value is -1.84. The fourth-order valence-electron chi connectivity index (χ4n) is 2.05. The van der Waals surface area contributed by atoms with E-state index >= 15 is 0 Å². The van der Waals surface area contributed by atoms with Crippen molar-refractivity contribution in [2.75, 3.05) is 19.7 Å². The van der Waals surface area contributed by atoms with Gasteiger partial charge in [0, 0.05) is 18.9 Å². The van der Waals surface area contributed by atoms with Gasteiger partial charge >= 0.3 is 5.97 Å². The predicted molar refractivity (Wildman–Crippen MR) is 70.7 cm³/mol. The average molecular weight is 246 g/mol. The van der Waals surface area contributed by atoms with Crippen LogP contribution < -0.4 is 5.32 Å². The maximum atomic E-state index is 11.2. The fourth-order valence-corrected chi connectivity index (χ4v) is 2.05. The molecule has 0 amide bonds. The highest BCUT2D eigenvalue weighted by molar-refractivity contribution is 5.88. The molecule has 1 N–H and O–H groups in total. The van der Waals surface area contributed by atoms with Crippen LogP contribution >= 0.6 is 0 Å². The molecule has 0 spiro atoms. The second kappa shape index (κ2) is 6.19. The highest BCUT2D eigenvalue weighted by Crippen LogP contribution is 2.24. The molecule has 1 heterocycles. The standard InChI is InChI=1S/C14H18N2O2/c1-2-18-14(17)10-16-13-8-12(9-15-13)11-6-4-3-5-7-11/h3-7,12H,2,8-10H2,1H3,(H,15,16). The largest absolute Gasteiger partial charge is 0.465 e. The summed E-state index contributed by atoms with van der Waals surface area (Å²) < 4.78 is 4.86. The van der Waals surface area contributed by atoms with Crippen LogP contribution in [0.3, 0.4) is 0 Å². The van der Waals surface area contributed by atoms with Crippen molar-refractivity contribution in [1.29, 1.82) is 0 Å². The van der Waals surface area contributed by atoms with Gasteiger partial charge in [-0.2, -0.15) is 0 Å². The van der Waals surface area contributed by atoms with Crippen molar-refractivity contribution < 1.29 is 9.53 Å². The Labute approximate surface area is 107 Å². The molecule has 0 saturated heterocycles. The van der Waals surface area contributed by atoms with E-state index in [0.717, 1.165) is 18.8 Å². The number of ether oxygens (including phenoxy) is 1. The number of benzene rings is 1. The Balaban J connectivity index is 1.80. The molecule has 0 bridgehead atoms. The summed E-state index contributed by atoms with van der Waals surface area (Å²) >= 11 is 0. The second-order valence-corrected chi connectivity index (χ2v) is 4.26. The number of hydrogen-bond donors (Lipinski definition) is 1. The van der Waals surface area contributed by atoms with E-state index in [1.54, 1.807) is 6.92 Å². The maximum absolute atomic E-state index is 11.2. The molecule has 2 rings (SSSR count). The van der Waals surface area contributed by atoms with Crippen LogP contribution in [0.5, 0.6) is 0 Å². The third kappa shape index (κ3) is 3.32. The SMILES string of the molecule is CCOC(=O)CNC1=NCC(c2ccccc2)C1. The van der Waals surface area contributed by atoms with Crippen molar-refractivity contribution in [3.8, 4) is 0 Å². The van der Waals surface area contributed by atoms with Gasteiger partial charge in [0.05, 0.1) is 12.4 Å². The quantitative estimate of drug-likeness (QED) is 0.823. The third-order valence-electron chi connectivity index (χ3n) is 2.96. The van der Waals surface area contributed by atoms with Gasteiger partial charge in [0.25, 0.3) is 0 Å². The summed E-state index contributed by atoms with van der Waals surface area (Å²) in [7, 11) is 0. The van der Waals surface area contributed by atoms with E-state index in [2.05, 4.69) is 22.4 Å². The smallest absolute Gasteiger partial charge is 0.325 e. The molecule has 1 atom stereocenters. The number of hydrogen-bond acceptors (Lipinski definition) is 4. The molecule has 4 nitrogen and oxygen atoms in total. The third-order valence-corrected chi connectivity index (χ3v) is 2.96. The number of amidine groups is 1. The number of carbonyl (C=O) groups excluding carboxylic acids is 1. The Kier molecular flexibility index (Phi) is 4.34. The zero-order chi connectivity index (χ0) is 12.8. The molecule has 0 fully saturated rings. The lowest BCUT2D eigenvalue weighted by atomic mass is 9.98. The Morgan fingerprint density at radius 3 is 2.94 bits per heavy atom. The number of esters is 1. The first-order chi connectivity index (χ1) is 8.79. The Bertz CT molecular complexity index is 429. The lowest BCUT2D eigenvalue weighted by Gasteiger charge is -2.09. The molecule has 96 valence electrons. The molecule has 1 unspecified atom stereocenters. The van der Waals surface area contributed by atoms with Crippen LogP contribution in [0, 0.1) is 0 Å². The van der Waals surface area contributed by atoms with Gasteiger partial charge in [0.2, 0.25) is 0 Å². The summed E-state index contributed by atoms with van der Waals surface area (Å²) in [6, 6.07) is 10.3. The number of rotatable bonds is 4. The van der Waals surface area contributed by atoms with Crippen LogP contribution in [-0.2, 0) is 9.53 Å². The number of aliphatic imine (C=N–C) groups is 1. The van der Waals surface area contributed by atoms with Gasteiger partial charge in [0.1, 0.15) is 6.54 Å². The van der Waals surface area contributed by atoms with Crippen molar-refractivity contribution in [2.24, 2.45) is 4.99 Å². The molecular formula is C14H18N2O2. The van der Waals surface area contributed by atoms with Crippen molar-refractivity contribution >= 4 is 11.8 Å². The summed E-state index contributed by atoms with van der Waals surface area (Å²) in [5.74, 6) is 1.09. The molecule has 1 aromatic rings. The molecule has 1 aromatic carbocycles. The van der Waals surface area contributed by atoms with Gasteiger partial charge in [-0.3, -0.25) is 9.79 Å². The van der Waals surface area contributed by atoms with Crippen LogP contribution in [0.2, 0.25) is 0 Å². The lowest BCUT2D eigenvalue weighted by Crippen LogP contribution is -2.29. The maximum Gasteiger partial charge on any atom is 0.325 e. The van der Waals surface area contributed by atoms with Crippen molar-refractivity contribution in [3.05, 3.63) is 35.9 Å². The summed E-state index contributed by atoms with van der Waals surface area (Å²) in [5.41, 5.74) is 1.30. The molecule has 1 aliphatic rings. The van der Waals surface area contributed by atoms with Crippen LogP contribution in [0.25, 0.3) is 0 Å². The van der Waals surface area contributed by atoms with E-state index in [0.29, 0.717) is 12.5 Å². The Morgan fingerprint density at radius 1 is 1.44 bits per heavy atom. The van der Waals surface area contributed by atoms with E-state index in [4.69, 9.17) is 4.74 Å². The number of nitrogens with one attached hydrogen (secondary N) is 1. The molecule has 4 heteroatoms. The molecule has 18 heavy (non-hydrogen) atoms. The normalized spacial score (nSPS) is 18.3. The van der Waals surface area contributed by atoms with E-state index in [1.165, 1.54) is 5.56 Å². The zero-order valence-electron chi connectivity index (χ0n) is 10.6. The van der Waals surface area contributed by atoms with Crippen LogP contribution in [0.15, 0.2) is 35.3 Å². The van der Waals surface area contributed by atoms with Crippen molar-refractivity contribution in [3.63, 3.8) is 0 Å². The minimum Gasteiger partial charge on any atom is -0.465 e. The molecular weight excluding hydrogens is 228 g/mol. The van der Waals surface area contributed by atoms with Gasteiger partial charge in [-0.05, 0) is 12.5 Å². The van der Waals surface area contributed by atoms with Gasteiger partial charge in [-0.1, -0.05) is 30.3 Å². The minimum atomic E-state index is -0.233. The summed E-state index contributed by atoms with van der Waals surface area (Å²) in [6.45, 7) is 3.21. The van der Waals surface area contributed by atoms with Crippen LogP contribution in [0.4, 0.5) is 0 Å². The van der Waals surface area contributed by atoms with Crippen molar-refractivity contribution in [1.82, 2.24) is 5.32 Å². The van der Waals surface area contributed by atoms with Crippen LogP contribution in [-0.4, -0.2) is 31.5 Å². The van der Waals surface area contributed by atoms with E-state index < -0.39 is 0 Å². The first-order valence-electron chi connectivity index (χ1n) is 6.27. The second-order valence-electron chi connectivity index (χ2n) is 4.26. The lowest BCUT2D eigenvalue weighted by molar-refractivity contribution is -0.141. The Morgan fingerprint density at radius 2 is 2.22 bits per heavy atom. The monoisotopic (exact) mass is 246 g/mol. The van der Waals surface area contributed by atoms with Gasteiger partial charge in [0.15, 0.2) is 0 Å². The minimum absolute atomic E-state index is 0.203. The summed E-state index contributed by atoms with van der Waals surface area (Å²) in [6.07, 6.45) is 0.865. The van der Waals surface area contributed by atoms with Crippen molar-refractivity contribution in [2.45, 2.75) is 19.3 Å². The molecule has 0 aromatic heterocycles. The van der Waals surface area contributed by atoms with E-state index in [1.807, 2.05) is 18.2 Å². The molecule has 0 saturated carbocycles. The topological polar surface area (TPSA) is 50.7 Å².